The van der Waals surface area contributed by atoms with E-state index >= 15 is 0 Å². The van der Waals surface area contributed by atoms with Crippen molar-refractivity contribution >= 4 is 23.2 Å². The Morgan fingerprint density at radius 2 is 1.89 bits per heavy atom. The molecule has 100 valence electrons. The summed E-state index contributed by atoms with van der Waals surface area (Å²) < 4.78 is 13.7. The molecule has 0 fully saturated rings. The lowest BCUT2D eigenvalue weighted by Gasteiger charge is -2.09. The second kappa shape index (κ2) is 6.38. The second-order valence-corrected chi connectivity index (χ2v) is 5.05. The molecule has 0 aliphatic heterocycles. The molecule has 0 atom stereocenters. The van der Waals surface area contributed by atoms with Gasteiger partial charge in [-0.25, -0.2) is 4.39 Å². The molecule has 0 unspecified atom stereocenters. The van der Waals surface area contributed by atoms with Crippen molar-refractivity contribution in [1.29, 1.82) is 0 Å². The monoisotopic (exact) mass is 297 g/mol. The third-order valence-electron chi connectivity index (χ3n) is 2.85. The highest BCUT2D eigenvalue weighted by Crippen LogP contribution is 2.31. The van der Waals surface area contributed by atoms with Crippen LogP contribution in [0.25, 0.3) is 11.1 Å². The molecule has 0 saturated carbocycles. The van der Waals surface area contributed by atoms with E-state index < -0.39 is 0 Å². The van der Waals surface area contributed by atoms with E-state index in [2.05, 4.69) is 5.32 Å². The minimum absolute atomic E-state index is 0.220. The molecule has 0 heterocycles. The Balaban J connectivity index is 2.42. The molecular weight excluding hydrogens is 284 g/mol. The fraction of sp³-hybridized carbons (Fsp3) is 0.200. The predicted octanol–water partition coefficient (Wildman–Crippen LogP) is 4.91. The molecule has 2 aromatic rings. The zero-order valence-electron chi connectivity index (χ0n) is 10.5. The van der Waals surface area contributed by atoms with Crippen LogP contribution in [0.15, 0.2) is 36.4 Å². The van der Waals surface area contributed by atoms with E-state index in [-0.39, 0.29) is 5.82 Å². The van der Waals surface area contributed by atoms with Gasteiger partial charge in [-0.3, -0.25) is 0 Å². The Kier molecular flexibility index (Phi) is 4.81. The molecule has 0 aromatic heterocycles. The number of hydrogen-bond donors (Lipinski definition) is 1. The minimum Gasteiger partial charge on any atom is -0.313 e. The summed E-state index contributed by atoms with van der Waals surface area (Å²) >= 11 is 12.1. The van der Waals surface area contributed by atoms with Crippen LogP contribution in [-0.2, 0) is 6.54 Å². The van der Waals surface area contributed by atoms with E-state index in [0.29, 0.717) is 22.2 Å². The molecule has 0 aliphatic carbocycles. The highest BCUT2D eigenvalue weighted by Gasteiger charge is 2.08. The average molecular weight is 298 g/mol. The molecule has 0 bridgehead atoms. The molecule has 2 rings (SSSR count). The van der Waals surface area contributed by atoms with E-state index in [4.69, 9.17) is 23.2 Å². The van der Waals surface area contributed by atoms with Crippen LogP contribution in [0.2, 0.25) is 10.0 Å². The van der Waals surface area contributed by atoms with Crippen LogP contribution in [0.1, 0.15) is 12.5 Å². The highest BCUT2D eigenvalue weighted by atomic mass is 35.5. The highest BCUT2D eigenvalue weighted by molar-refractivity contribution is 6.35. The smallest absolute Gasteiger partial charge is 0.127 e. The van der Waals surface area contributed by atoms with Crippen LogP contribution in [0, 0.1) is 5.82 Å². The van der Waals surface area contributed by atoms with Crippen LogP contribution in [-0.4, -0.2) is 6.54 Å². The van der Waals surface area contributed by atoms with Crippen LogP contribution in [0.5, 0.6) is 0 Å². The number of benzene rings is 2. The first-order valence-electron chi connectivity index (χ1n) is 6.06. The van der Waals surface area contributed by atoms with Crippen LogP contribution in [0.4, 0.5) is 4.39 Å². The zero-order valence-corrected chi connectivity index (χ0v) is 12.0. The van der Waals surface area contributed by atoms with E-state index in [1.807, 2.05) is 6.92 Å². The van der Waals surface area contributed by atoms with Gasteiger partial charge in [0.1, 0.15) is 5.82 Å². The van der Waals surface area contributed by atoms with Gasteiger partial charge in [-0.15, -0.1) is 0 Å². The van der Waals surface area contributed by atoms with Gasteiger partial charge in [0.15, 0.2) is 0 Å². The van der Waals surface area contributed by atoms with Crippen molar-refractivity contribution < 1.29 is 4.39 Å². The first-order valence-corrected chi connectivity index (χ1v) is 6.82. The fourth-order valence-electron chi connectivity index (χ4n) is 1.86. The Morgan fingerprint density at radius 3 is 2.63 bits per heavy atom. The quantitative estimate of drug-likeness (QED) is 0.845. The van der Waals surface area contributed by atoms with Gasteiger partial charge in [-0.1, -0.05) is 36.2 Å². The van der Waals surface area contributed by atoms with Crippen LogP contribution < -0.4 is 5.32 Å². The molecule has 1 nitrogen and oxygen atoms in total. The maximum Gasteiger partial charge on any atom is 0.127 e. The normalized spacial score (nSPS) is 10.7. The number of hydrogen-bond acceptors (Lipinski definition) is 1. The van der Waals surface area contributed by atoms with Crippen molar-refractivity contribution in [3.8, 4) is 11.1 Å². The standard InChI is InChI=1S/C15H14Cl2FN/c1-2-19-9-11-7-10(3-6-15(11)18)13-8-12(16)4-5-14(13)17/h3-8,19H,2,9H2,1H3. The maximum atomic E-state index is 13.7. The third-order valence-corrected chi connectivity index (χ3v) is 3.42. The Morgan fingerprint density at radius 1 is 1.11 bits per heavy atom. The van der Waals surface area contributed by atoms with Crippen molar-refractivity contribution in [3.05, 3.63) is 57.8 Å². The van der Waals surface area contributed by atoms with Crippen LogP contribution >= 0.6 is 23.2 Å². The molecular formula is C15H14Cl2FN. The van der Waals surface area contributed by atoms with Gasteiger partial charge in [0.2, 0.25) is 0 Å². The summed E-state index contributed by atoms with van der Waals surface area (Å²) in [6, 6.07) is 10.2. The molecule has 0 radical (unpaired) electrons. The van der Waals surface area contributed by atoms with Gasteiger partial charge in [0, 0.05) is 27.7 Å². The molecule has 0 spiro atoms. The maximum absolute atomic E-state index is 13.7. The molecule has 0 amide bonds. The average Bonchev–Trinajstić information content (AvgIpc) is 2.41. The molecule has 1 N–H and O–H groups in total. The van der Waals surface area contributed by atoms with E-state index in [0.717, 1.165) is 17.7 Å². The van der Waals surface area contributed by atoms with Crippen molar-refractivity contribution in [2.24, 2.45) is 0 Å². The minimum atomic E-state index is -0.220. The SMILES string of the molecule is CCNCc1cc(-c2cc(Cl)ccc2Cl)ccc1F. The summed E-state index contributed by atoms with van der Waals surface area (Å²) in [4.78, 5) is 0. The number of halogens is 3. The van der Waals surface area contributed by atoms with Gasteiger partial charge in [-0.05, 0) is 42.4 Å². The lowest BCUT2D eigenvalue weighted by Crippen LogP contribution is -2.12. The molecule has 4 heteroatoms. The van der Waals surface area contributed by atoms with E-state index in [1.165, 1.54) is 6.07 Å². The van der Waals surface area contributed by atoms with Gasteiger partial charge >= 0.3 is 0 Å². The largest absolute Gasteiger partial charge is 0.313 e. The topological polar surface area (TPSA) is 12.0 Å². The molecule has 2 aromatic carbocycles. The van der Waals surface area contributed by atoms with Gasteiger partial charge in [-0.2, -0.15) is 0 Å². The van der Waals surface area contributed by atoms with Gasteiger partial charge in [0.25, 0.3) is 0 Å². The summed E-state index contributed by atoms with van der Waals surface area (Å²) in [7, 11) is 0. The van der Waals surface area contributed by atoms with Gasteiger partial charge in [0.05, 0.1) is 0 Å². The van der Waals surface area contributed by atoms with Crippen molar-refractivity contribution in [2.75, 3.05) is 6.54 Å². The van der Waals surface area contributed by atoms with Crippen molar-refractivity contribution in [2.45, 2.75) is 13.5 Å². The summed E-state index contributed by atoms with van der Waals surface area (Å²) in [6.07, 6.45) is 0. The molecule has 19 heavy (non-hydrogen) atoms. The fourth-order valence-corrected chi connectivity index (χ4v) is 2.25. The molecule has 0 saturated heterocycles. The van der Waals surface area contributed by atoms with E-state index in [9.17, 15) is 4.39 Å². The Bertz CT molecular complexity index is 584. The summed E-state index contributed by atoms with van der Waals surface area (Å²) in [5, 5.41) is 4.32. The van der Waals surface area contributed by atoms with Crippen LogP contribution in [0.3, 0.4) is 0 Å². The summed E-state index contributed by atoms with van der Waals surface area (Å²) in [5.74, 6) is -0.220. The zero-order chi connectivity index (χ0) is 13.8. The van der Waals surface area contributed by atoms with Crippen molar-refractivity contribution in [3.63, 3.8) is 0 Å². The Hall–Kier alpha value is -1.09. The summed E-state index contributed by atoms with van der Waals surface area (Å²) in [5.41, 5.74) is 2.30. The van der Waals surface area contributed by atoms with Crippen molar-refractivity contribution in [1.82, 2.24) is 5.32 Å². The lowest BCUT2D eigenvalue weighted by atomic mass is 10.0. The Labute approximate surface area is 122 Å². The number of nitrogens with one attached hydrogen (secondary N) is 1. The first-order chi connectivity index (χ1) is 9.11. The third kappa shape index (κ3) is 3.47. The predicted molar refractivity (Wildman–Crippen MR) is 79.2 cm³/mol. The lowest BCUT2D eigenvalue weighted by molar-refractivity contribution is 0.593. The summed E-state index contributed by atoms with van der Waals surface area (Å²) in [6.45, 7) is 3.27. The number of rotatable bonds is 4. The molecule has 0 aliphatic rings. The first kappa shape index (κ1) is 14.3. The van der Waals surface area contributed by atoms with E-state index in [1.54, 1.807) is 30.3 Å². The van der Waals surface area contributed by atoms with Gasteiger partial charge < -0.3 is 5.32 Å². The second-order valence-electron chi connectivity index (χ2n) is 4.21.